The van der Waals surface area contributed by atoms with Crippen molar-refractivity contribution in [1.29, 1.82) is 0 Å². The molecule has 0 aliphatic carbocycles. The fourth-order valence-corrected chi connectivity index (χ4v) is 1.92. The number of tetrazole rings is 1. The first-order chi connectivity index (χ1) is 9.29. The molecule has 0 saturated heterocycles. The first-order valence-corrected chi connectivity index (χ1v) is 5.84. The Bertz CT molecular complexity index is 706. The average molecular weight is 255 g/mol. The van der Waals surface area contributed by atoms with Crippen LogP contribution in [0.4, 0.5) is 11.5 Å². The third-order valence-electron chi connectivity index (χ3n) is 2.97. The first-order valence-electron chi connectivity index (χ1n) is 5.84. The Balaban J connectivity index is 2.07. The number of anilines is 2. The van der Waals surface area contributed by atoms with Gasteiger partial charge in [-0.1, -0.05) is 12.1 Å². The van der Waals surface area contributed by atoms with Crippen LogP contribution >= 0.6 is 0 Å². The highest BCUT2D eigenvalue weighted by Crippen LogP contribution is 2.23. The third kappa shape index (κ3) is 2.00. The van der Waals surface area contributed by atoms with E-state index in [1.165, 1.54) is 0 Å². The predicted molar refractivity (Wildman–Crippen MR) is 71.0 cm³/mol. The molecule has 0 saturated carbocycles. The number of rotatable bonds is 3. The lowest BCUT2D eigenvalue weighted by atomic mass is 10.2. The van der Waals surface area contributed by atoms with Crippen molar-refractivity contribution in [3.05, 3.63) is 42.2 Å². The van der Waals surface area contributed by atoms with Crippen molar-refractivity contribution in [2.24, 2.45) is 5.73 Å². The number of hydrogen-bond donors (Lipinski definition) is 1. The van der Waals surface area contributed by atoms with Crippen LogP contribution in [0.3, 0.4) is 0 Å². The number of nitrogens with two attached hydrogens (primary N) is 1. The number of fused-ring (bicyclic) bond motifs is 1. The molecule has 0 unspecified atom stereocenters. The molecule has 0 bridgehead atoms. The van der Waals surface area contributed by atoms with Gasteiger partial charge in [0.15, 0.2) is 11.5 Å². The fraction of sp³-hybridized carbons (Fsp3) is 0.167. The van der Waals surface area contributed by atoms with Crippen LogP contribution in [0.5, 0.6) is 0 Å². The van der Waals surface area contributed by atoms with Crippen LogP contribution in [0.25, 0.3) is 5.65 Å². The zero-order chi connectivity index (χ0) is 13.2. The molecule has 0 radical (unpaired) electrons. The molecular formula is C12H13N7. The van der Waals surface area contributed by atoms with E-state index in [0.717, 1.165) is 17.1 Å². The van der Waals surface area contributed by atoms with Gasteiger partial charge in [0.1, 0.15) is 0 Å². The fourth-order valence-electron chi connectivity index (χ4n) is 1.92. The summed E-state index contributed by atoms with van der Waals surface area (Å²) >= 11 is 0. The Hall–Kier alpha value is -2.54. The normalized spacial score (nSPS) is 10.8. The van der Waals surface area contributed by atoms with Crippen molar-refractivity contribution in [2.45, 2.75) is 6.54 Å². The molecule has 0 fully saturated rings. The van der Waals surface area contributed by atoms with Gasteiger partial charge in [-0.25, -0.2) is 0 Å². The van der Waals surface area contributed by atoms with Crippen LogP contribution in [0.2, 0.25) is 0 Å². The van der Waals surface area contributed by atoms with Crippen LogP contribution < -0.4 is 10.6 Å². The maximum absolute atomic E-state index is 5.66. The molecule has 96 valence electrons. The lowest BCUT2D eigenvalue weighted by Crippen LogP contribution is -2.14. The van der Waals surface area contributed by atoms with Crippen molar-refractivity contribution in [1.82, 2.24) is 25.0 Å². The van der Waals surface area contributed by atoms with Gasteiger partial charge in [0.05, 0.1) is 12.4 Å². The minimum atomic E-state index is 0.509. The Labute approximate surface area is 109 Å². The van der Waals surface area contributed by atoms with Crippen LogP contribution in [0.1, 0.15) is 5.56 Å². The minimum Gasteiger partial charge on any atom is -0.328 e. The van der Waals surface area contributed by atoms with E-state index in [0.29, 0.717) is 12.2 Å². The Morgan fingerprint density at radius 2 is 2.21 bits per heavy atom. The van der Waals surface area contributed by atoms with E-state index in [2.05, 4.69) is 20.5 Å². The van der Waals surface area contributed by atoms with Crippen molar-refractivity contribution >= 4 is 17.2 Å². The molecule has 2 heterocycles. The van der Waals surface area contributed by atoms with Gasteiger partial charge in [-0.05, 0) is 28.1 Å². The number of hydrogen-bond acceptors (Lipinski definition) is 6. The summed E-state index contributed by atoms with van der Waals surface area (Å²) in [5, 5.41) is 11.5. The highest BCUT2D eigenvalue weighted by Gasteiger charge is 2.10. The Morgan fingerprint density at radius 3 is 3.05 bits per heavy atom. The van der Waals surface area contributed by atoms with Crippen LogP contribution in [-0.4, -0.2) is 32.1 Å². The number of aromatic nitrogens is 5. The van der Waals surface area contributed by atoms with Gasteiger partial charge in [-0.2, -0.15) is 4.52 Å². The minimum absolute atomic E-state index is 0.509. The van der Waals surface area contributed by atoms with Gasteiger partial charge < -0.3 is 10.6 Å². The summed E-state index contributed by atoms with van der Waals surface area (Å²) in [5.41, 5.74) is 8.35. The SMILES string of the molecule is CN(c1cccc(CN)c1)c1cncc2nnnn12. The van der Waals surface area contributed by atoms with E-state index in [1.807, 2.05) is 36.2 Å². The van der Waals surface area contributed by atoms with Gasteiger partial charge in [0.2, 0.25) is 0 Å². The predicted octanol–water partition coefficient (Wildman–Crippen LogP) is 0.746. The highest BCUT2D eigenvalue weighted by atomic mass is 15.5. The monoisotopic (exact) mass is 255 g/mol. The molecule has 3 rings (SSSR count). The maximum atomic E-state index is 5.66. The van der Waals surface area contributed by atoms with E-state index in [1.54, 1.807) is 16.9 Å². The summed E-state index contributed by atoms with van der Waals surface area (Å²) in [4.78, 5) is 6.11. The molecule has 7 heteroatoms. The highest BCUT2D eigenvalue weighted by molar-refractivity contribution is 5.61. The second-order valence-corrected chi connectivity index (χ2v) is 4.15. The molecule has 19 heavy (non-hydrogen) atoms. The maximum Gasteiger partial charge on any atom is 0.199 e. The van der Waals surface area contributed by atoms with E-state index in [9.17, 15) is 0 Å². The Kier molecular flexibility index (Phi) is 2.81. The summed E-state index contributed by atoms with van der Waals surface area (Å²) in [5.74, 6) is 0.789. The summed E-state index contributed by atoms with van der Waals surface area (Å²) < 4.78 is 1.64. The number of benzene rings is 1. The largest absolute Gasteiger partial charge is 0.328 e. The van der Waals surface area contributed by atoms with E-state index in [4.69, 9.17) is 5.73 Å². The number of nitrogens with zero attached hydrogens (tertiary/aromatic N) is 6. The lowest BCUT2D eigenvalue weighted by molar-refractivity contribution is 0.813. The smallest absolute Gasteiger partial charge is 0.199 e. The molecule has 0 amide bonds. The quantitative estimate of drug-likeness (QED) is 0.743. The first kappa shape index (κ1) is 11.5. The van der Waals surface area contributed by atoms with Gasteiger partial charge >= 0.3 is 0 Å². The van der Waals surface area contributed by atoms with Crippen molar-refractivity contribution < 1.29 is 0 Å². The van der Waals surface area contributed by atoms with E-state index < -0.39 is 0 Å². The van der Waals surface area contributed by atoms with E-state index >= 15 is 0 Å². The van der Waals surface area contributed by atoms with Gasteiger partial charge in [-0.3, -0.25) is 4.98 Å². The average Bonchev–Trinajstić information content (AvgIpc) is 2.95. The molecule has 1 aromatic carbocycles. The molecule has 2 N–H and O–H groups in total. The van der Waals surface area contributed by atoms with Gasteiger partial charge in [0, 0.05) is 19.3 Å². The third-order valence-corrected chi connectivity index (χ3v) is 2.97. The molecular weight excluding hydrogens is 242 g/mol. The second kappa shape index (κ2) is 4.62. The summed E-state index contributed by atoms with van der Waals surface area (Å²) in [7, 11) is 1.94. The second-order valence-electron chi connectivity index (χ2n) is 4.15. The molecule has 0 aliphatic heterocycles. The topological polar surface area (TPSA) is 85.2 Å². The molecule has 0 aliphatic rings. The summed E-state index contributed by atoms with van der Waals surface area (Å²) in [6.45, 7) is 0.509. The van der Waals surface area contributed by atoms with Crippen molar-refractivity contribution in [3.8, 4) is 0 Å². The van der Waals surface area contributed by atoms with Crippen molar-refractivity contribution in [2.75, 3.05) is 11.9 Å². The molecule has 2 aromatic heterocycles. The molecule has 0 spiro atoms. The van der Waals surface area contributed by atoms with Crippen molar-refractivity contribution in [3.63, 3.8) is 0 Å². The van der Waals surface area contributed by atoms with E-state index in [-0.39, 0.29) is 0 Å². The summed E-state index contributed by atoms with van der Waals surface area (Å²) in [6, 6.07) is 8.00. The van der Waals surface area contributed by atoms with Crippen LogP contribution in [0, 0.1) is 0 Å². The van der Waals surface area contributed by atoms with Crippen LogP contribution in [-0.2, 0) is 6.54 Å². The zero-order valence-electron chi connectivity index (χ0n) is 10.4. The zero-order valence-corrected chi connectivity index (χ0v) is 10.4. The standard InChI is InChI=1S/C12H13N7/c1-18(10-4-2-3-9(5-10)6-13)12-8-14-7-11-15-16-17-19(11)12/h2-5,7-8H,6,13H2,1H3. The van der Waals surface area contributed by atoms with Gasteiger partial charge in [0.25, 0.3) is 0 Å². The van der Waals surface area contributed by atoms with Gasteiger partial charge in [-0.15, -0.1) is 5.10 Å². The molecule has 7 nitrogen and oxygen atoms in total. The lowest BCUT2D eigenvalue weighted by Gasteiger charge is -2.19. The summed E-state index contributed by atoms with van der Waals surface area (Å²) in [6.07, 6.45) is 3.34. The molecule has 0 atom stereocenters. The van der Waals surface area contributed by atoms with Crippen LogP contribution in [0.15, 0.2) is 36.7 Å². The molecule has 3 aromatic rings. The Morgan fingerprint density at radius 1 is 1.32 bits per heavy atom.